The molecule has 0 fully saturated rings. The summed E-state index contributed by atoms with van der Waals surface area (Å²) in [7, 11) is 3.32. The minimum absolute atomic E-state index is 0.140. The van der Waals surface area contributed by atoms with Crippen molar-refractivity contribution in [2.45, 2.75) is 0 Å². The highest BCUT2D eigenvalue weighted by molar-refractivity contribution is 6.17. The zero-order chi connectivity index (χ0) is 16.2. The number of amides is 1. The van der Waals surface area contributed by atoms with Crippen LogP contribution < -0.4 is 10.1 Å². The van der Waals surface area contributed by atoms with Crippen molar-refractivity contribution in [3.8, 4) is 5.75 Å². The number of aliphatic imine (C=N–C) groups is 1. The van der Waals surface area contributed by atoms with E-state index >= 15 is 0 Å². The summed E-state index contributed by atoms with van der Waals surface area (Å²) in [5.74, 6) is 1.15. The summed E-state index contributed by atoms with van der Waals surface area (Å²) < 4.78 is 5.13. The highest BCUT2D eigenvalue weighted by atomic mass is 16.5. The van der Waals surface area contributed by atoms with E-state index in [1.807, 2.05) is 54.6 Å². The lowest BCUT2D eigenvalue weighted by atomic mass is 10.2. The molecular formula is C18H17N3O2. The van der Waals surface area contributed by atoms with Gasteiger partial charge in [0.2, 0.25) is 5.96 Å². The molecule has 0 saturated heterocycles. The van der Waals surface area contributed by atoms with Gasteiger partial charge in [-0.3, -0.25) is 9.69 Å². The van der Waals surface area contributed by atoms with Gasteiger partial charge in [0.25, 0.3) is 5.91 Å². The zero-order valence-corrected chi connectivity index (χ0v) is 13.0. The Morgan fingerprint density at radius 1 is 1.09 bits per heavy atom. The average Bonchev–Trinajstić information content (AvgIpc) is 2.84. The van der Waals surface area contributed by atoms with Crippen molar-refractivity contribution in [3.05, 3.63) is 65.9 Å². The molecule has 23 heavy (non-hydrogen) atoms. The van der Waals surface area contributed by atoms with Crippen molar-refractivity contribution in [1.29, 1.82) is 0 Å². The Labute approximate surface area is 134 Å². The van der Waals surface area contributed by atoms with E-state index in [-0.39, 0.29) is 5.91 Å². The maximum atomic E-state index is 12.3. The first-order chi connectivity index (χ1) is 11.2. The van der Waals surface area contributed by atoms with Crippen LogP contribution in [0.3, 0.4) is 0 Å². The van der Waals surface area contributed by atoms with Gasteiger partial charge in [0.15, 0.2) is 0 Å². The van der Waals surface area contributed by atoms with Crippen LogP contribution in [0.25, 0.3) is 6.08 Å². The molecular weight excluding hydrogens is 290 g/mol. The molecule has 2 aromatic rings. The number of anilines is 1. The van der Waals surface area contributed by atoms with Gasteiger partial charge in [-0.15, -0.1) is 0 Å². The molecule has 0 aromatic heterocycles. The number of benzene rings is 2. The van der Waals surface area contributed by atoms with Gasteiger partial charge in [-0.05, 0) is 35.9 Å². The monoisotopic (exact) mass is 307 g/mol. The third-order valence-electron chi connectivity index (χ3n) is 3.52. The van der Waals surface area contributed by atoms with E-state index < -0.39 is 0 Å². The summed E-state index contributed by atoms with van der Waals surface area (Å²) >= 11 is 0. The van der Waals surface area contributed by atoms with Gasteiger partial charge in [0.1, 0.15) is 11.4 Å². The van der Waals surface area contributed by atoms with Crippen molar-refractivity contribution in [2.75, 3.05) is 19.5 Å². The van der Waals surface area contributed by atoms with Gasteiger partial charge in [0, 0.05) is 12.7 Å². The fourth-order valence-electron chi connectivity index (χ4n) is 2.22. The molecule has 0 radical (unpaired) electrons. The summed E-state index contributed by atoms with van der Waals surface area (Å²) in [6.45, 7) is 0. The molecule has 116 valence electrons. The van der Waals surface area contributed by atoms with E-state index in [1.54, 1.807) is 20.2 Å². The van der Waals surface area contributed by atoms with E-state index in [0.29, 0.717) is 11.7 Å². The fourth-order valence-corrected chi connectivity index (χ4v) is 2.22. The lowest BCUT2D eigenvalue weighted by Gasteiger charge is -2.13. The predicted octanol–water partition coefficient (Wildman–Crippen LogP) is 2.98. The molecule has 1 N–H and O–H groups in total. The van der Waals surface area contributed by atoms with Crippen LogP contribution >= 0.6 is 0 Å². The molecule has 0 atom stereocenters. The molecule has 1 heterocycles. The SMILES string of the molecule is COc1ccc(/C=C2\N=C(Nc3ccccc3)N(C)C2=O)cc1. The van der Waals surface area contributed by atoms with E-state index in [9.17, 15) is 4.79 Å². The first kappa shape index (κ1) is 14.8. The third kappa shape index (κ3) is 3.23. The molecule has 5 nitrogen and oxygen atoms in total. The van der Waals surface area contributed by atoms with Crippen LogP contribution in [0.4, 0.5) is 5.69 Å². The Kier molecular flexibility index (Phi) is 4.10. The third-order valence-corrected chi connectivity index (χ3v) is 3.52. The molecule has 1 amide bonds. The van der Waals surface area contributed by atoms with Crippen molar-refractivity contribution in [1.82, 2.24) is 4.90 Å². The fraction of sp³-hybridized carbons (Fsp3) is 0.111. The minimum atomic E-state index is -0.140. The Hall–Kier alpha value is -3.08. The number of para-hydroxylation sites is 1. The quantitative estimate of drug-likeness (QED) is 0.887. The summed E-state index contributed by atoms with van der Waals surface area (Å²) in [6, 6.07) is 17.1. The molecule has 0 spiro atoms. The topological polar surface area (TPSA) is 53.9 Å². The molecule has 1 aliphatic heterocycles. The molecule has 1 aliphatic rings. The first-order valence-corrected chi connectivity index (χ1v) is 7.22. The number of ether oxygens (including phenoxy) is 1. The van der Waals surface area contributed by atoms with E-state index in [2.05, 4.69) is 10.3 Å². The summed E-state index contributed by atoms with van der Waals surface area (Å²) in [5, 5.41) is 3.15. The van der Waals surface area contributed by atoms with E-state index in [0.717, 1.165) is 17.0 Å². The van der Waals surface area contributed by atoms with Crippen molar-refractivity contribution in [3.63, 3.8) is 0 Å². The van der Waals surface area contributed by atoms with Crippen LogP contribution in [0.2, 0.25) is 0 Å². The molecule has 3 rings (SSSR count). The zero-order valence-electron chi connectivity index (χ0n) is 13.0. The highest BCUT2D eigenvalue weighted by Gasteiger charge is 2.26. The van der Waals surface area contributed by atoms with Gasteiger partial charge >= 0.3 is 0 Å². The Balaban J connectivity index is 1.84. The number of carbonyl (C=O) groups excluding carboxylic acids is 1. The number of nitrogens with zero attached hydrogens (tertiary/aromatic N) is 2. The number of nitrogens with one attached hydrogen (secondary N) is 1. The van der Waals surface area contributed by atoms with Crippen LogP contribution in [0.1, 0.15) is 5.56 Å². The second kappa shape index (κ2) is 6.36. The number of guanidine groups is 1. The average molecular weight is 307 g/mol. The highest BCUT2D eigenvalue weighted by Crippen LogP contribution is 2.20. The van der Waals surface area contributed by atoms with Gasteiger partial charge in [-0.2, -0.15) is 0 Å². The molecule has 0 unspecified atom stereocenters. The van der Waals surface area contributed by atoms with Crippen molar-refractivity contribution in [2.24, 2.45) is 4.99 Å². The number of likely N-dealkylation sites (N-methyl/N-ethyl adjacent to an activating group) is 1. The van der Waals surface area contributed by atoms with Gasteiger partial charge in [-0.1, -0.05) is 30.3 Å². The molecule has 0 saturated carbocycles. The van der Waals surface area contributed by atoms with Crippen LogP contribution in [0, 0.1) is 0 Å². The van der Waals surface area contributed by atoms with E-state index in [4.69, 9.17) is 4.74 Å². The molecule has 0 bridgehead atoms. The Bertz CT molecular complexity index is 765. The predicted molar refractivity (Wildman–Crippen MR) is 91.2 cm³/mol. The number of hydrogen-bond donors (Lipinski definition) is 1. The molecule has 5 heteroatoms. The van der Waals surface area contributed by atoms with Crippen LogP contribution in [0.15, 0.2) is 65.3 Å². The normalized spacial score (nSPS) is 15.7. The lowest BCUT2D eigenvalue weighted by Crippen LogP contribution is -2.32. The second-order valence-electron chi connectivity index (χ2n) is 5.09. The number of hydrogen-bond acceptors (Lipinski definition) is 4. The van der Waals surface area contributed by atoms with Gasteiger partial charge in [0.05, 0.1) is 7.11 Å². The van der Waals surface area contributed by atoms with Gasteiger partial charge < -0.3 is 10.1 Å². The molecule has 0 aliphatic carbocycles. The summed E-state index contributed by atoms with van der Waals surface area (Å²) in [4.78, 5) is 18.2. The summed E-state index contributed by atoms with van der Waals surface area (Å²) in [6.07, 6.45) is 1.76. The smallest absolute Gasteiger partial charge is 0.279 e. The summed E-state index contributed by atoms with van der Waals surface area (Å²) in [5.41, 5.74) is 2.18. The van der Waals surface area contributed by atoms with Crippen LogP contribution in [-0.4, -0.2) is 30.9 Å². The second-order valence-corrected chi connectivity index (χ2v) is 5.09. The van der Waals surface area contributed by atoms with Crippen molar-refractivity contribution >= 4 is 23.6 Å². The van der Waals surface area contributed by atoms with Crippen LogP contribution in [0.5, 0.6) is 5.75 Å². The van der Waals surface area contributed by atoms with Gasteiger partial charge in [-0.25, -0.2) is 4.99 Å². The minimum Gasteiger partial charge on any atom is -0.497 e. The van der Waals surface area contributed by atoms with Crippen LogP contribution in [-0.2, 0) is 4.79 Å². The standard InChI is InChI=1S/C18H17N3O2/c1-21-17(22)16(12-13-8-10-15(23-2)11-9-13)20-18(21)19-14-6-4-3-5-7-14/h3-12H,1-2H3,(H,19,20)/b16-12-. The number of rotatable bonds is 3. The van der Waals surface area contributed by atoms with Crippen molar-refractivity contribution < 1.29 is 9.53 Å². The number of methoxy groups -OCH3 is 1. The molecule has 2 aromatic carbocycles. The first-order valence-electron chi connectivity index (χ1n) is 7.22. The maximum Gasteiger partial charge on any atom is 0.279 e. The maximum absolute atomic E-state index is 12.3. The Morgan fingerprint density at radius 3 is 2.43 bits per heavy atom. The number of carbonyl (C=O) groups is 1. The van der Waals surface area contributed by atoms with E-state index in [1.165, 1.54) is 4.90 Å². The lowest BCUT2D eigenvalue weighted by molar-refractivity contribution is -0.121. The Morgan fingerprint density at radius 2 is 1.78 bits per heavy atom. The largest absolute Gasteiger partial charge is 0.497 e.